The van der Waals surface area contributed by atoms with Gasteiger partial charge in [0.1, 0.15) is 0 Å². The Morgan fingerprint density at radius 2 is 1.35 bits per heavy atom. The Morgan fingerprint density at radius 3 is 1.65 bits per heavy atom. The number of rotatable bonds is 0. The van der Waals surface area contributed by atoms with Crippen LogP contribution < -0.4 is 0 Å². The van der Waals surface area contributed by atoms with E-state index in [0.29, 0.717) is 0 Å². The van der Waals surface area contributed by atoms with Crippen molar-refractivity contribution < 1.29 is 19.8 Å². The number of amides is 2. The van der Waals surface area contributed by atoms with Crippen LogP contribution in [0.5, 0.6) is 0 Å². The van der Waals surface area contributed by atoms with Crippen molar-refractivity contribution in [1.82, 2.24) is 9.80 Å². The van der Waals surface area contributed by atoms with E-state index in [-0.39, 0.29) is 19.6 Å². The maximum atomic E-state index is 11.7. The van der Waals surface area contributed by atoms with Gasteiger partial charge in [0.25, 0.3) is 0 Å². The number of nitrogens with zero attached hydrogens (tertiary/aromatic N) is 2. The molecule has 1 heterocycles. The molecule has 1 fully saturated rings. The summed E-state index contributed by atoms with van der Waals surface area (Å²) in [5.74, 6) is 0. The monoisotopic (exact) mass is 286 g/mol. The predicted octanol–water partition coefficient (Wildman–Crippen LogP) is 2.79. The van der Waals surface area contributed by atoms with Crippen molar-refractivity contribution in [2.75, 3.05) is 19.6 Å². The van der Waals surface area contributed by atoms with Crippen molar-refractivity contribution in [2.45, 2.75) is 47.1 Å². The second-order valence-electron chi connectivity index (χ2n) is 7.50. The van der Waals surface area contributed by atoms with Crippen LogP contribution in [0.15, 0.2) is 0 Å². The van der Waals surface area contributed by atoms with Gasteiger partial charge < -0.3 is 15.1 Å². The van der Waals surface area contributed by atoms with Crippen molar-refractivity contribution in [3.05, 3.63) is 0 Å². The van der Waals surface area contributed by atoms with Gasteiger partial charge in [0.05, 0.1) is 5.54 Å². The Kier molecular flexibility index (Phi) is 4.00. The molecule has 0 aromatic carbocycles. The summed E-state index contributed by atoms with van der Waals surface area (Å²) in [5.41, 5.74) is -1.56. The molecule has 1 rings (SSSR count). The summed E-state index contributed by atoms with van der Waals surface area (Å²) in [7, 11) is 0. The van der Waals surface area contributed by atoms with Gasteiger partial charge in [-0.1, -0.05) is 41.5 Å². The van der Waals surface area contributed by atoms with E-state index in [0.717, 1.165) is 0 Å². The fraction of sp³-hybridized carbons (Fsp3) is 0.857. The number of piperazine rings is 1. The zero-order chi connectivity index (χ0) is 15.9. The number of carboxylic acid groups (broad SMARTS) is 2. The molecule has 0 aliphatic carbocycles. The summed E-state index contributed by atoms with van der Waals surface area (Å²) >= 11 is 0. The van der Waals surface area contributed by atoms with Crippen LogP contribution >= 0.6 is 0 Å². The molecule has 0 aromatic rings. The summed E-state index contributed by atoms with van der Waals surface area (Å²) in [4.78, 5) is 25.8. The lowest BCUT2D eigenvalue weighted by atomic mass is 9.58. The van der Waals surface area contributed by atoms with E-state index in [1.54, 1.807) is 0 Å². The highest BCUT2D eigenvalue weighted by atomic mass is 16.4. The highest BCUT2D eigenvalue weighted by Gasteiger charge is 2.59. The molecule has 0 spiro atoms. The molecule has 0 unspecified atom stereocenters. The minimum atomic E-state index is -0.993. The molecule has 2 N–H and O–H groups in total. The van der Waals surface area contributed by atoms with Gasteiger partial charge in [-0.3, -0.25) is 4.90 Å². The van der Waals surface area contributed by atoms with Crippen LogP contribution in [0.3, 0.4) is 0 Å². The Balaban J connectivity index is 3.44. The largest absolute Gasteiger partial charge is 0.465 e. The van der Waals surface area contributed by atoms with Crippen LogP contribution in [-0.4, -0.2) is 57.4 Å². The summed E-state index contributed by atoms with van der Waals surface area (Å²) in [5, 5.41) is 18.9. The fourth-order valence-corrected chi connectivity index (χ4v) is 3.68. The first-order valence-corrected chi connectivity index (χ1v) is 6.83. The van der Waals surface area contributed by atoms with E-state index in [2.05, 4.69) is 0 Å². The van der Waals surface area contributed by atoms with E-state index in [1.807, 2.05) is 41.5 Å². The third-order valence-corrected chi connectivity index (χ3v) is 4.46. The lowest BCUT2D eigenvalue weighted by molar-refractivity contribution is -0.111. The molecule has 6 nitrogen and oxygen atoms in total. The van der Waals surface area contributed by atoms with Gasteiger partial charge >= 0.3 is 12.2 Å². The second-order valence-corrected chi connectivity index (χ2v) is 7.50. The smallest absolute Gasteiger partial charge is 0.407 e. The first kappa shape index (κ1) is 16.6. The fourth-order valence-electron chi connectivity index (χ4n) is 3.68. The molecule has 116 valence electrons. The summed E-state index contributed by atoms with van der Waals surface area (Å²) in [6.45, 7) is 12.4. The lowest BCUT2D eigenvalue weighted by Gasteiger charge is -2.61. The van der Waals surface area contributed by atoms with Crippen LogP contribution in [-0.2, 0) is 0 Å². The standard InChI is InChI=1S/C14H26N2O4/c1-12(2,3)14(13(4,5)6)9-15(10(17)18)7-8-16(14)11(19)20/h7-9H2,1-6H3,(H,17,18)(H,19,20). The van der Waals surface area contributed by atoms with Crippen molar-refractivity contribution >= 4 is 12.2 Å². The average Bonchev–Trinajstić information content (AvgIpc) is 2.24. The Hall–Kier alpha value is -1.46. The highest BCUT2D eigenvalue weighted by Crippen LogP contribution is 2.50. The van der Waals surface area contributed by atoms with Gasteiger partial charge in [-0.25, -0.2) is 9.59 Å². The van der Waals surface area contributed by atoms with Crippen molar-refractivity contribution in [1.29, 1.82) is 0 Å². The van der Waals surface area contributed by atoms with Crippen molar-refractivity contribution in [2.24, 2.45) is 10.8 Å². The molecular formula is C14H26N2O4. The van der Waals surface area contributed by atoms with Crippen LogP contribution in [0.4, 0.5) is 9.59 Å². The molecule has 1 aliphatic rings. The first-order chi connectivity index (χ1) is 8.84. The minimum absolute atomic E-state index is 0.196. The maximum absolute atomic E-state index is 11.7. The highest BCUT2D eigenvalue weighted by molar-refractivity contribution is 5.69. The molecule has 6 heteroatoms. The SMILES string of the molecule is CC(C)(C)C1(C(C)(C)C)CN(C(=O)O)CCN1C(=O)O. The van der Waals surface area contributed by atoms with Crippen LogP contribution in [0, 0.1) is 10.8 Å². The zero-order valence-electron chi connectivity index (χ0n) is 13.2. The van der Waals surface area contributed by atoms with Crippen LogP contribution in [0.2, 0.25) is 0 Å². The van der Waals surface area contributed by atoms with Gasteiger partial charge in [0, 0.05) is 19.6 Å². The van der Waals surface area contributed by atoms with E-state index in [4.69, 9.17) is 0 Å². The molecular weight excluding hydrogens is 260 g/mol. The first-order valence-electron chi connectivity index (χ1n) is 6.83. The second kappa shape index (κ2) is 4.82. The Bertz CT molecular complexity index is 392. The topological polar surface area (TPSA) is 81.1 Å². The maximum Gasteiger partial charge on any atom is 0.407 e. The van der Waals surface area contributed by atoms with Gasteiger partial charge in [-0.05, 0) is 10.8 Å². The number of hydrogen-bond donors (Lipinski definition) is 2. The number of hydrogen-bond acceptors (Lipinski definition) is 2. The zero-order valence-corrected chi connectivity index (χ0v) is 13.2. The van der Waals surface area contributed by atoms with Crippen molar-refractivity contribution in [3.8, 4) is 0 Å². The number of carbonyl (C=O) groups is 2. The quantitative estimate of drug-likeness (QED) is 0.717. The Labute approximate surface area is 120 Å². The Morgan fingerprint density at radius 1 is 0.900 bits per heavy atom. The van der Waals surface area contributed by atoms with E-state index < -0.39 is 28.6 Å². The lowest BCUT2D eigenvalue weighted by Crippen LogP contribution is -2.74. The van der Waals surface area contributed by atoms with Gasteiger partial charge in [-0.15, -0.1) is 0 Å². The van der Waals surface area contributed by atoms with Gasteiger partial charge in [-0.2, -0.15) is 0 Å². The molecule has 1 saturated heterocycles. The summed E-state index contributed by atoms with van der Waals surface area (Å²) < 4.78 is 0. The van der Waals surface area contributed by atoms with E-state index in [9.17, 15) is 19.8 Å². The van der Waals surface area contributed by atoms with E-state index >= 15 is 0 Å². The van der Waals surface area contributed by atoms with Gasteiger partial charge in [0.15, 0.2) is 0 Å². The molecule has 0 atom stereocenters. The molecule has 0 radical (unpaired) electrons. The van der Waals surface area contributed by atoms with Crippen LogP contribution in [0.1, 0.15) is 41.5 Å². The molecule has 1 aliphatic heterocycles. The molecule has 2 amide bonds. The third kappa shape index (κ3) is 2.43. The summed E-state index contributed by atoms with van der Waals surface area (Å²) in [6, 6.07) is 0. The van der Waals surface area contributed by atoms with Gasteiger partial charge in [0.2, 0.25) is 0 Å². The van der Waals surface area contributed by atoms with Crippen molar-refractivity contribution in [3.63, 3.8) is 0 Å². The molecule has 0 saturated carbocycles. The minimum Gasteiger partial charge on any atom is -0.465 e. The molecule has 0 aromatic heterocycles. The summed E-state index contributed by atoms with van der Waals surface area (Å²) in [6.07, 6.45) is -1.98. The van der Waals surface area contributed by atoms with Crippen LogP contribution in [0.25, 0.3) is 0 Å². The average molecular weight is 286 g/mol. The third-order valence-electron chi connectivity index (χ3n) is 4.46. The van der Waals surface area contributed by atoms with E-state index in [1.165, 1.54) is 9.80 Å². The molecule has 0 bridgehead atoms. The molecule has 20 heavy (non-hydrogen) atoms. The predicted molar refractivity (Wildman–Crippen MR) is 76.0 cm³/mol. The normalized spacial score (nSPS) is 19.9.